The summed E-state index contributed by atoms with van der Waals surface area (Å²) in [6, 6.07) is 7.16. The molecular formula is C15H16N2O4. The molecule has 0 spiro atoms. The molecule has 1 heterocycles. The van der Waals surface area contributed by atoms with E-state index in [1.54, 1.807) is 18.2 Å². The van der Waals surface area contributed by atoms with Crippen molar-refractivity contribution in [3.05, 3.63) is 46.4 Å². The van der Waals surface area contributed by atoms with Gasteiger partial charge < -0.3 is 14.8 Å². The van der Waals surface area contributed by atoms with E-state index in [0.29, 0.717) is 11.3 Å². The Hall–Kier alpha value is -2.63. The minimum Gasteiger partial charge on any atom is -0.490 e. The van der Waals surface area contributed by atoms with Crippen LogP contribution in [-0.4, -0.2) is 27.1 Å². The molecular weight excluding hydrogens is 272 g/mol. The lowest BCUT2D eigenvalue weighted by molar-refractivity contribution is 0.0694. The van der Waals surface area contributed by atoms with Crippen LogP contribution in [0.15, 0.2) is 35.3 Å². The smallest absolute Gasteiger partial charge is 0.342 e. The minimum atomic E-state index is -1.31. The molecule has 6 heteroatoms. The van der Waals surface area contributed by atoms with Crippen LogP contribution >= 0.6 is 0 Å². The van der Waals surface area contributed by atoms with Crippen molar-refractivity contribution in [1.29, 1.82) is 0 Å². The Morgan fingerprint density at radius 3 is 2.76 bits per heavy atom. The molecule has 1 aromatic heterocycles. The number of H-pyrrole nitrogens is 1. The van der Waals surface area contributed by atoms with E-state index in [4.69, 9.17) is 9.84 Å². The topological polar surface area (TPSA) is 92.3 Å². The fraction of sp³-hybridized carbons (Fsp3) is 0.267. The van der Waals surface area contributed by atoms with Crippen molar-refractivity contribution in [2.45, 2.75) is 26.4 Å². The molecule has 2 aromatic rings. The third-order valence-corrected chi connectivity index (χ3v) is 3.07. The highest BCUT2D eigenvalue weighted by molar-refractivity contribution is 5.86. The van der Waals surface area contributed by atoms with E-state index in [1.165, 1.54) is 0 Å². The van der Waals surface area contributed by atoms with Crippen LogP contribution < -0.4 is 10.3 Å². The van der Waals surface area contributed by atoms with Crippen LogP contribution in [0.4, 0.5) is 0 Å². The van der Waals surface area contributed by atoms with E-state index in [-0.39, 0.29) is 17.5 Å². The summed E-state index contributed by atoms with van der Waals surface area (Å²) in [5, 5.41) is 8.85. The number of nitrogens with one attached hydrogen (secondary N) is 1. The third kappa shape index (κ3) is 3.28. The number of carboxylic acids is 1. The van der Waals surface area contributed by atoms with Crippen LogP contribution in [-0.2, 0) is 0 Å². The second-order valence-electron chi connectivity index (χ2n) is 4.61. The van der Waals surface area contributed by atoms with Crippen LogP contribution in [0, 0.1) is 0 Å². The van der Waals surface area contributed by atoms with Gasteiger partial charge in [0.2, 0.25) is 0 Å². The lowest BCUT2D eigenvalue weighted by Crippen LogP contribution is -2.19. The molecule has 0 saturated heterocycles. The van der Waals surface area contributed by atoms with Crippen LogP contribution in [0.25, 0.3) is 11.4 Å². The van der Waals surface area contributed by atoms with Crippen molar-refractivity contribution in [1.82, 2.24) is 9.97 Å². The summed E-state index contributed by atoms with van der Waals surface area (Å²) in [5.74, 6) is -0.429. The highest BCUT2D eigenvalue weighted by atomic mass is 16.5. The van der Waals surface area contributed by atoms with E-state index in [9.17, 15) is 9.59 Å². The van der Waals surface area contributed by atoms with Gasteiger partial charge >= 0.3 is 5.97 Å². The molecule has 0 unspecified atom stereocenters. The molecule has 21 heavy (non-hydrogen) atoms. The molecule has 0 saturated carbocycles. The molecule has 0 aliphatic carbocycles. The van der Waals surface area contributed by atoms with Gasteiger partial charge in [-0.1, -0.05) is 19.1 Å². The second-order valence-corrected chi connectivity index (χ2v) is 4.61. The maximum absolute atomic E-state index is 11.7. The monoisotopic (exact) mass is 288 g/mol. The molecule has 6 nitrogen and oxygen atoms in total. The van der Waals surface area contributed by atoms with Gasteiger partial charge in [0.25, 0.3) is 5.56 Å². The van der Waals surface area contributed by atoms with Crippen molar-refractivity contribution in [3.63, 3.8) is 0 Å². The average molecular weight is 288 g/mol. The molecule has 0 bridgehead atoms. The number of para-hydroxylation sites is 1. The Morgan fingerprint density at radius 1 is 1.43 bits per heavy atom. The summed E-state index contributed by atoms with van der Waals surface area (Å²) >= 11 is 0. The predicted octanol–water partition coefficient (Wildman–Crippen LogP) is 2.31. The first-order valence-corrected chi connectivity index (χ1v) is 6.61. The third-order valence-electron chi connectivity index (χ3n) is 3.07. The first-order chi connectivity index (χ1) is 10.0. The van der Waals surface area contributed by atoms with E-state index in [0.717, 1.165) is 12.6 Å². The largest absolute Gasteiger partial charge is 0.490 e. The molecule has 2 N–H and O–H groups in total. The Kier molecular flexibility index (Phi) is 4.37. The quantitative estimate of drug-likeness (QED) is 0.880. The number of carboxylic acid groups (broad SMARTS) is 1. The van der Waals surface area contributed by atoms with Crippen molar-refractivity contribution in [2.24, 2.45) is 0 Å². The van der Waals surface area contributed by atoms with Crippen molar-refractivity contribution >= 4 is 5.97 Å². The Morgan fingerprint density at radius 2 is 2.14 bits per heavy atom. The molecule has 0 aliphatic rings. The highest BCUT2D eigenvalue weighted by Gasteiger charge is 2.14. The number of rotatable bonds is 5. The summed E-state index contributed by atoms with van der Waals surface area (Å²) in [5.41, 5.74) is -0.461. The van der Waals surface area contributed by atoms with Gasteiger partial charge in [0.1, 0.15) is 17.1 Å². The number of aromatic carboxylic acids is 1. The Labute approximate surface area is 121 Å². The van der Waals surface area contributed by atoms with E-state index >= 15 is 0 Å². The first-order valence-electron chi connectivity index (χ1n) is 6.61. The van der Waals surface area contributed by atoms with Gasteiger partial charge in [-0.05, 0) is 25.5 Å². The zero-order chi connectivity index (χ0) is 15.4. The van der Waals surface area contributed by atoms with Crippen LogP contribution in [0.3, 0.4) is 0 Å². The van der Waals surface area contributed by atoms with Gasteiger partial charge in [0, 0.05) is 6.20 Å². The fourth-order valence-electron chi connectivity index (χ4n) is 1.75. The number of carbonyl (C=O) groups is 1. The SMILES string of the molecule is CC[C@@H](C)Oc1ccccc1-c1ncc(C(=O)O)c(=O)[nH]1. The lowest BCUT2D eigenvalue weighted by atomic mass is 10.1. The lowest BCUT2D eigenvalue weighted by Gasteiger charge is -2.15. The summed E-state index contributed by atoms with van der Waals surface area (Å²) in [6.07, 6.45) is 1.92. The van der Waals surface area contributed by atoms with Crippen molar-refractivity contribution < 1.29 is 14.6 Å². The first kappa shape index (κ1) is 14.8. The van der Waals surface area contributed by atoms with Crippen LogP contribution in [0.2, 0.25) is 0 Å². The summed E-state index contributed by atoms with van der Waals surface area (Å²) in [6.45, 7) is 3.95. The fourth-order valence-corrected chi connectivity index (χ4v) is 1.75. The maximum Gasteiger partial charge on any atom is 0.342 e. The molecule has 0 amide bonds. The average Bonchev–Trinajstić information content (AvgIpc) is 2.47. The Balaban J connectivity index is 2.45. The Bertz CT molecular complexity index is 709. The van der Waals surface area contributed by atoms with Gasteiger partial charge in [-0.2, -0.15) is 0 Å². The molecule has 1 aromatic carbocycles. The van der Waals surface area contributed by atoms with E-state index in [2.05, 4.69) is 9.97 Å². The number of ether oxygens (including phenoxy) is 1. The van der Waals surface area contributed by atoms with Gasteiger partial charge in [0.15, 0.2) is 0 Å². The number of hydrogen-bond donors (Lipinski definition) is 2. The number of aromatic amines is 1. The van der Waals surface area contributed by atoms with E-state index in [1.807, 2.05) is 19.9 Å². The zero-order valence-corrected chi connectivity index (χ0v) is 11.8. The van der Waals surface area contributed by atoms with Crippen LogP contribution in [0.5, 0.6) is 5.75 Å². The molecule has 1 atom stereocenters. The highest BCUT2D eigenvalue weighted by Crippen LogP contribution is 2.27. The summed E-state index contributed by atoms with van der Waals surface area (Å²) in [7, 11) is 0. The number of hydrogen-bond acceptors (Lipinski definition) is 4. The van der Waals surface area contributed by atoms with Crippen molar-refractivity contribution in [2.75, 3.05) is 0 Å². The molecule has 0 aliphatic heterocycles. The van der Waals surface area contributed by atoms with Gasteiger partial charge in [-0.3, -0.25) is 4.79 Å². The van der Waals surface area contributed by atoms with Gasteiger partial charge in [0.05, 0.1) is 11.7 Å². The normalized spacial score (nSPS) is 11.9. The number of benzene rings is 1. The minimum absolute atomic E-state index is 0.0242. The number of nitrogens with zero attached hydrogens (tertiary/aromatic N) is 1. The summed E-state index contributed by atoms with van der Waals surface area (Å²) < 4.78 is 5.79. The maximum atomic E-state index is 11.7. The zero-order valence-electron chi connectivity index (χ0n) is 11.8. The van der Waals surface area contributed by atoms with Gasteiger partial charge in [-0.25, -0.2) is 9.78 Å². The van der Waals surface area contributed by atoms with Crippen LogP contribution in [0.1, 0.15) is 30.6 Å². The van der Waals surface area contributed by atoms with E-state index < -0.39 is 11.5 Å². The predicted molar refractivity (Wildman–Crippen MR) is 77.6 cm³/mol. The second kappa shape index (κ2) is 6.21. The molecule has 0 fully saturated rings. The van der Waals surface area contributed by atoms with Gasteiger partial charge in [-0.15, -0.1) is 0 Å². The van der Waals surface area contributed by atoms with Crippen molar-refractivity contribution in [3.8, 4) is 17.1 Å². The molecule has 110 valence electrons. The molecule has 0 radical (unpaired) electrons. The summed E-state index contributed by atoms with van der Waals surface area (Å²) in [4.78, 5) is 29.0. The standard InChI is InChI=1S/C15H16N2O4/c1-3-9(2)21-12-7-5-4-6-10(12)13-16-8-11(15(19)20)14(18)17-13/h4-9H,3H2,1-2H3,(H,19,20)(H,16,17,18)/t9-/m1/s1. The molecule has 2 rings (SSSR count). The number of aromatic nitrogens is 2.